The summed E-state index contributed by atoms with van der Waals surface area (Å²) in [6.45, 7) is 22.1. The molecule has 0 N–H and O–H groups in total. The van der Waals surface area contributed by atoms with Gasteiger partial charge in [0.2, 0.25) is 0 Å². The van der Waals surface area contributed by atoms with Gasteiger partial charge in [0.25, 0.3) is 0 Å². The van der Waals surface area contributed by atoms with Crippen LogP contribution < -0.4 is 0 Å². The third kappa shape index (κ3) is 9.96. The molecule has 2 saturated carbocycles. The Labute approximate surface area is 322 Å². The lowest BCUT2D eigenvalue weighted by atomic mass is 9.43. The summed E-state index contributed by atoms with van der Waals surface area (Å²) in [5.74, 6) is 2.19. The van der Waals surface area contributed by atoms with Gasteiger partial charge in [-0.1, -0.05) is 133 Å². The summed E-state index contributed by atoms with van der Waals surface area (Å²) in [7, 11) is 0. The van der Waals surface area contributed by atoms with Gasteiger partial charge in [0, 0.05) is 11.8 Å². The second-order valence-electron chi connectivity index (χ2n) is 19.0. The summed E-state index contributed by atoms with van der Waals surface area (Å²) in [5, 5.41) is 0. The average Bonchev–Trinajstić information content (AvgIpc) is 3.38. The number of rotatable bonds is 19. The van der Waals surface area contributed by atoms with Gasteiger partial charge in [0.15, 0.2) is 0 Å². The summed E-state index contributed by atoms with van der Waals surface area (Å²) in [6.07, 6.45) is 43.6. The fourth-order valence-corrected chi connectivity index (χ4v) is 11.8. The van der Waals surface area contributed by atoms with Crippen LogP contribution in [0.3, 0.4) is 0 Å². The molecule has 4 aliphatic rings. The Morgan fingerprint density at radius 1 is 0.750 bits per heavy atom. The molecule has 0 heterocycles. The molecule has 52 heavy (non-hydrogen) atoms. The highest BCUT2D eigenvalue weighted by atomic mass is 16.5. The Balaban J connectivity index is 1.23. The molecule has 0 aromatic carbocycles. The molecule has 0 aromatic rings. The number of hydrogen-bond acceptors (Lipinski definition) is 2. The van der Waals surface area contributed by atoms with Gasteiger partial charge in [0.1, 0.15) is 6.10 Å². The number of carbonyl (C=O) groups is 1. The lowest BCUT2D eigenvalue weighted by Gasteiger charge is -2.62. The minimum absolute atomic E-state index is 0.00456. The van der Waals surface area contributed by atoms with Crippen molar-refractivity contribution in [1.29, 1.82) is 0 Å². The molecule has 7 atom stereocenters. The number of carbonyl (C=O) groups excluding carboxylic acids is 1. The Kier molecular flexibility index (Phi) is 16.0. The van der Waals surface area contributed by atoms with E-state index in [2.05, 4.69) is 117 Å². The van der Waals surface area contributed by atoms with Crippen molar-refractivity contribution in [3.63, 3.8) is 0 Å². The summed E-state index contributed by atoms with van der Waals surface area (Å²) < 4.78 is 6.35. The predicted octanol–water partition coefficient (Wildman–Crippen LogP) is 15.2. The van der Waals surface area contributed by atoms with Gasteiger partial charge in [-0.05, 0) is 157 Å². The highest BCUT2D eigenvalue weighted by molar-refractivity contribution is 5.69. The Morgan fingerprint density at radius 3 is 2.02 bits per heavy atom. The van der Waals surface area contributed by atoms with Gasteiger partial charge in [-0.3, -0.25) is 4.79 Å². The standard InChI is InChI=1S/C50H80O2/c1-10-11-12-13-14-15-16-17-18-19-20-21-22-23-24-25-26-30-46(51)52-45-35-36-48(7)42-34-38-49(8)41(40(4)29-27-28-39(2)3)33-37-50(49,9)43(42)31-32-44(48)47(45,5)6/h14-15,17-18,20-21,23-24,28,40-41,44-45H,10-13,16,19,22,25-27,29-38H2,1-9H3/b15-14-,18-17-,21-20-,24-23-/t40-,41-,44?,45?,48-,49-,50+/m1/s1. The van der Waals surface area contributed by atoms with Crippen molar-refractivity contribution in [2.45, 2.75) is 197 Å². The minimum Gasteiger partial charge on any atom is -0.462 e. The van der Waals surface area contributed by atoms with E-state index in [1.807, 2.05) is 11.1 Å². The van der Waals surface area contributed by atoms with Gasteiger partial charge >= 0.3 is 5.97 Å². The van der Waals surface area contributed by atoms with E-state index in [1.54, 1.807) is 0 Å². The molecule has 2 nitrogen and oxygen atoms in total. The van der Waals surface area contributed by atoms with Crippen LogP contribution in [-0.4, -0.2) is 12.1 Å². The predicted molar refractivity (Wildman–Crippen MR) is 225 cm³/mol. The first kappa shape index (κ1) is 42.6. The Hall–Kier alpha value is -2.09. The molecule has 2 fully saturated rings. The molecule has 0 amide bonds. The fraction of sp³-hybridized carbons (Fsp3) is 0.740. The van der Waals surface area contributed by atoms with Crippen LogP contribution in [0.4, 0.5) is 0 Å². The molecule has 2 unspecified atom stereocenters. The first-order chi connectivity index (χ1) is 24.8. The number of hydrogen-bond donors (Lipinski definition) is 0. The van der Waals surface area contributed by atoms with Gasteiger partial charge in [-0.2, -0.15) is 0 Å². The molecule has 0 saturated heterocycles. The highest BCUT2D eigenvalue weighted by Crippen LogP contribution is 2.72. The van der Waals surface area contributed by atoms with E-state index in [9.17, 15) is 4.79 Å². The maximum Gasteiger partial charge on any atom is 0.306 e. The van der Waals surface area contributed by atoms with Gasteiger partial charge < -0.3 is 4.74 Å². The van der Waals surface area contributed by atoms with Crippen LogP contribution in [0.15, 0.2) is 71.4 Å². The quantitative estimate of drug-likeness (QED) is 0.0757. The molecular weight excluding hydrogens is 633 g/mol. The number of ether oxygens (including phenoxy) is 1. The highest BCUT2D eigenvalue weighted by Gasteiger charge is 2.63. The van der Waals surface area contributed by atoms with Crippen LogP contribution in [-0.2, 0) is 9.53 Å². The average molecular weight is 713 g/mol. The summed E-state index contributed by atoms with van der Waals surface area (Å²) in [4.78, 5) is 13.1. The van der Waals surface area contributed by atoms with Crippen molar-refractivity contribution in [1.82, 2.24) is 0 Å². The fourth-order valence-electron chi connectivity index (χ4n) is 11.8. The van der Waals surface area contributed by atoms with E-state index in [1.165, 1.54) is 82.6 Å². The number of esters is 1. The zero-order valence-corrected chi connectivity index (χ0v) is 35.5. The number of fused-ring (bicyclic) bond motifs is 4. The maximum atomic E-state index is 13.1. The van der Waals surface area contributed by atoms with Gasteiger partial charge in [-0.15, -0.1) is 0 Å². The topological polar surface area (TPSA) is 26.3 Å². The monoisotopic (exact) mass is 713 g/mol. The first-order valence-electron chi connectivity index (χ1n) is 22.0. The molecule has 2 heteroatoms. The lowest BCUT2D eigenvalue weighted by Crippen LogP contribution is -2.55. The third-order valence-electron chi connectivity index (χ3n) is 15.1. The van der Waals surface area contributed by atoms with Crippen molar-refractivity contribution in [2.75, 3.05) is 0 Å². The molecule has 4 rings (SSSR count). The smallest absolute Gasteiger partial charge is 0.306 e. The molecule has 0 aromatic heterocycles. The molecular formula is C50H80O2. The van der Waals surface area contributed by atoms with Crippen molar-refractivity contribution in [3.05, 3.63) is 71.4 Å². The molecule has 0 bridgehead atoms. The molecule has 0 spiro atoms. The van der Waals surface area contributed by atoms with E-state index in [4.69, 9.17) is 4.74 Å². The Bertz CT molecular complexity index is 1330. The number of allylic oxidation sites excluding steroid dienone is 12. The van der Waals surface area contributed by atoms with Crippen LogP contribution in [0.25, 0.3) is 0 Å². The normalized spacial score (nSPS) is 32.1. The zero-order valence-electron chi connectivity index (χ0n) is 35.5. The summed E-state index contributed by atoms with van der Waals surface area (Å²) in [6, 6.07) is 0. The van der Waals surface area contributed by atoms with E-state index in [-0.39, 0.29) is 22.9 Å². The van der Waals surface area contributed by atoms with Gasteiger partial charge in [-0.25, -0.2) is 0 Å². The van der Waals surface area contributed by atoms with Crippen LogP contribution >= 0.6 is 0 Å². The van der Waals surface area contributed by atoms with Crippen LogP contribution in [0.5, 0.6) is 0 Å². The van der Waals surface area contributed by atoms with Crippen molar-refractivity contribution < 1.29 is 9.53 Å². The SMILES string of the molecule is CCCCC/C=C\C/C=C\C/C=C\C/C=C\CCCC(=O)OC1CC[C@]2(C)C3=C(CCC2C1(C)C)[C@]1(C)CC[C@H]([C@H](C)CCC=C(C)C)[C@@]1(C)CC3. The number of unbranched alkanes of at least 4 members (excludes halogenated alkanes) is 4. The van der Waals surface area contributed by atoms with Crippen molar-refractivity contribution in [2.24, 2.45) is 39.4 Å². The van der Waals surface area contributed by atoms with E-state index >= 15 is 0 Å². The van der Waals surface area contributed by atoms with Gasteiger partial charge in [0.05, 0.1) is 0 Å². The minimum atomic E-state index is -0.00707. The van der Waals surface area contributed by atoms with E-state index in [0.717, 1.165) is 56.8 Å². The molecule has 292 valence electrons. The van der Waals surface area contributed by atoms with Crippen molar-refractivity contribution in [3.8, 4) is 0 Å². The largest absolute Gasteiger partial charge is 0.462 e. The molecule has 0 radical (unpaired) electrons. The second-order valence-corrected chi connectivity index (χ2v) is 19.0. The Morgan fingerprint density at radius 2 is 1.38 bits per heavy atom. The first-order valence-corrected chi connectivity index (χ1v) is 22.0. The maximum absolute atomic E-state index is 13.1. The van der Waals surface area contributed by atoms with E-state index < -0.39 is 0 Å². The summed E-state index contributed by atoms with van der Waals surface area (Å²) in [5.41, 5.74) is 6.13. The second kappa shape index (κ2) is 19.5. The van der Waals surface area contributed by atoms with Crippen LogP contribution in [0, 0.1) is 39.4 Å². The van der Waals surface area contributed by atoms with Crippen molar-refractivity contribution >= 4 is 5.97 Å². The van der Waals surface area contributed by atoms with E-state index in [0.29, 0.717) is 23.2 Å². The molecule has 0 aliphatic heterocycles. The lowest BCUT2D eigenvalue weighted by molar-refractivity contribution is -0.169. The third-order valence-corrected chi connectivity index (χ3v) is 15.1. The zero-order chi connectivity index (χ0) is 37.8. The summed E-state index contributed by atoms with van der Waals surface area (Å²) >= 11 is 0. The molecule has 4 aliphatic carbocycles. The van der Waals surface area contributed by atoms with Crippen LogP contribution in [0.1, 0.15) is 191 Å². The van der Waals surface area contributed by atoms with Crippen LogP contribution in [0.2, 0.25) is 0 Å².